The lowest BCUT2D eigenvalue weighted by atomic mass is 10.1. The van der Waals surface area contributed by atoms with Gasteiger partial charge < -0.3 is 10.0 Å². The fraction of sp³-hybridized carbons (Fsp3) is 0.308. The molecule has 84 valence electrons. The van der Waals surface area contributed by atoms with E-state index in [4.69, 9.17) is 0 Å². The van der Waals surface area contributed by atoms with E-state index in [9.17, 15) is 5.11 Å². The van der Waals surface area contributed by atoms with Gasteiger partial charge in [-0.3, -0.25) is 0 Å². The molecule has 2 rings (SSSR count). The van der Waals surface area contributed by atoms with Crippen molar-refractivity contribution < 1.29 is 15.0 Å². The Kier molecular flexibility index (Phi) is 2.79. The molecule has 0 radical (unpaired) electrons. The molecule has 0 aliphatic rings. The Hall–Kier alpha value is -1.61. The van der Waals surface area contributed by atoms with Gasteiger partial charge in [-0.05, 0) is 6.07 Å². The number of pyridine rings is 1. The molecule has 0 amide bonds. The Morgan fingerprint density at radius 2 is 1.94 bits per heavy atom. The molecule has 0 aliphatic heterocycles. The van der Waals surface area contributed by atoms with Crippen molar-refractivity contribution >= 4 is 10.9 Å². The largest absolute Gasteiger partial charge is 0.506 e. The number of fused-ring (bicyclic) bond motifs is 1. The number of para-hydroxylation sites is 1. The second-order valence-corrected chi connectivity index (χ2v) is 4.51. The van der Waals surface area contributed by atoms with E-state index in [-0.39, 0.29) is 0 Å². The van der Waals surface area contributed by atoms with Gasteiger partial charge in [0.1, 0.15) is 17.9 Å². The normalized spacial score (nSPS) is 11.2. The first-order valence-electron chi connectivity index (χ1n) is 5.51. The number of nitrogens with one attached hydrogen (secondary N) is 2. The van der Waals surface area contributed by atoms with Crippen LogP contribution in [0.3, 0.4) is 0 Å². The topological polar surface area (TPSA) is 38.8 Å². The first-order valence-corrected chi connectivity index (χ1v) is 5.51. The van der Waals surface area contributed by atoms with Crippen LogP contribution in [0.1, 0.15) is 11.3 Å². The van der Waals surface area contributed by atoms with E-state index < -0.39 is 0 Å². The van der Waals surface area contributed by atoms with E-state index in [1.165, 1.54) is 4.90 Å². The van der Waals surface area contributed by atoms with Crippen LogP contribution in [0.2, 0.25) is 0 Å². The number of hydrogen-bond acceptors (Lipinski definition) is 1. The summed E-state index contributed by atoms with van der Waals surface area (Å²) < 4.78 is 0. The minimum absolute atomic E-state index is 0.410. The van der Waals surface area contributed by atoms with Gasteiger partial charge in [-0.1, -0.05) is 12.1 Å². The number of hydrogen-bond donors (Lipinski definition) is 2. The van der Waals surface area contributed by atoms with Gasteiger partial charge in [0.2, 0.25) is 5.52 Å². The number of aromatic hydroxyl groups is 1. The van der Waals surface area contributed by atoms with E-state index in [0.717, 1.165) is 28.7 Å². The SMILES string of the molecule is Cc1[nH+]c2ccccc2c(O)c1C[NH+](C)C. The maximum atomic E-state index is 10.2. The molecule has 3 N–H and O–H groups in total. The summed E-state index contributed by atoms with van der Waals surface area (Å²) >= 11 is 0. The quantitative estimate of drug-likeness (QED) is 0.748. The molecule has 0 aliphatic carbocycles. The fourth-order valence-electron chi connectivity index (χ4n) is 1.99. The molecule has 0 saturated carbocycles. The average molecular weight is 218 g/mol. The molecular formula is C13H18N2O+2. The first kappa shape index (κ1) is 10.9. The van der Waals surface area contributed by atoms with Crippen LogP contribution in [0, 0.1) is 6.92 Å². The monoisotopic (exact) mass is 218 g/mol. The maximum Gasteiger partial charge on any atom is 0.214 e. The van der Waals surface area contributed by atoms with Gasteiger partial charge in [0.05, 0.1) is 19.5 Å². The standard InChI is InChI=1S/C13H16N2O/c1-9-11(8-15(2)3)13(16)10-6-4-5-7-12(10)14-9/h4-7H,8H2,1-3H3,(H,14,16)/p+2. The van der Waals surface area contributed by atoms with Crippen LogP contribution in [0.25, 0.3) is 10.9 Å². The molecule has 0 spiro atoms. The average Bonchev–Trinajstić information content (AvgIpc) is 2.24. The Labute approximate surface area is 95.3 Å². The number of aromatic amines is 1. The second-order valence-electron chi connectivity index (χ2n) is 4.51. The van der Waals surface area contributed by atoms with Crippen molar-refractivity contribution in [3.05, 3.63) is 35.5 Å². The van der Waals surface area contributed by atoms with Crippen molar-refractivity contribution in [2.45, 2.75) is 13.5 Å². The highest BCUT2D eigenvalue weighted by atomic mass is 16.3. The van der Waals surface area contributed by atoms with Crippen molar-refractivity contribution in [2.24, 2.45) is 0 Å². The minimum atomic E-state index is 0.410. The van der Waals surface area contributed by atoms with E-state index in [1.54, 1.807) is 0 Å². The zero-order valence-corrected chi connectivity index (χ0v) is 9.96. The van der Waals surface area contributed by atoms with E-state index in [2.05, 4.69) is 19.1 Å². The molecule has 0 unspecified atom stereocenters. The van der Waals surface area contributed by atoms with E-state index in [1.807, 2.05) is 31.2 Å². The summed E-state index contributed by atoms with van der Waals surface area (Å²) in [5, 5.41) is 11.1. The zero-order chi connectivity index (χ0) is 11.7. The third-order valence-electron chi connectivity index (χ3n) is 2.77. The first-order chi connectivity index (χ1) is 7.59. The van der Waals surface area contributed by atoms with Crippen LogP contribution in [-0.2, 0) is 6.54 Å². The lowest BCUT2D eigenvalue weighted by Gasteiger charge is -2.09. The van der Waals surface area contributed by atoms with E-state index >= 15 is 0 Å². The molecule has 3 heteroatoms. The minimum Gasteiger partial charge on any atom is -0.506 e. The smallest absolute Gasteiger partial charge is 0.214 e. The summed E-state index contributed by atoms with van der Waals surface area (Å²) in [4.78, 5) is 4.62. The third-order valence-corrected chi connectivity index (χ3v) is 2.77. The molecule has 1 heterocycles. The summed E-state index contributed by atoms with van der Waals surface area (Å²) in [5.41, 5.74) is 3.02. The second kappa shape index (κ2) is 4.10. The van der Waals surface area contributed by atoms with E-state index in [0.29, 0.717) is 5.75 Å². The molecule has 0 atom stereocenters. The lowest BCUT2D eigenvalue weighted by molar-refractivity contribution is -0.873. The highest BCUT2D eigenvalue weighted by molar-refractivity contribution is 5.83. The Morgan fingerprint density at radius 1 is 1.25 bits per heavy atom. The number of quaternary nitrogens is 1. The Bertz CT molecular complexity index is 521. The summed E-state index contributed by atoms with van der Waals surface area (Å²) in [5.74, 6) is 0.410. The summed E-state index contributed by atoms with van der Waals surface area (Å²) in [6, 6.07) is 7.83. The molecule has 3 nitrogen and oxygen atoms in total. The number of benzene rings is 1. The molecule has 2 aromatic rings. The number of rotatable bonds is 2. The van der Waals surface area contributed by atoms with Crippen LogP contribution in [-0.4, -0.2) is 19.2 Å². The van der Waals surface area contributed by atoms with Gasteiger partial charge in [-0.25, -0.2) is 4.98 Å². The molecule has 0 bridgehead atoms. The van der Waals surface area contributed by atoms with Crippen molar-refractivity contribution in [1.29, 1.82) is 0 Å². The predicted octanol–water partition coefficient (Wildman–Crippen LogP) is 0.312. The molecule has 16 heavy (non-hydrogen) atoms. The molecule has 1 aromatic carbocycles. The van der Waals surface area contributed by atoms with Gasteiger partial charge in [-0.2, -0.15) is 0 Å². The maximum absolute atomic E-state index is 10.2. The Morgan fingerprint density at radius 3 is 2.62 bits per heavy atom. The zero-order valence-electron chi connectivity index (χ0n) is 9.96. The molecule has 0 fully saturated rings. The van der Waals surface area contributed by atoms with Crippen LogP contribution in [0.4, 0.5) is 0 Å². The summed E-state index contributed by atoms with van der Waals surface area (Å²) in [6.07, 6.45) is 0. The van der Waals surface area contributed by atoms with Crippen molar-refractivity contribution in [3.8, 4) is 5.75 Å². The van der Waals surface area contributed by atoms with Crippen LogP contribution >= 0.6 is 0 Å². The van der Waals surface area contributed by atoms with Gasteiger partial charge in [-0.15, -0.1) is 0 Å². The van der Waals surface area contributed by atoms with Crippen molar-refractivity contribution in [2.75, 3.05) is 14.1 Å². The summed E-state index contributed by atoms with van der Waals surface area (Å²) in [7, 11) is 4.15. The number of aryl methyl sites for hydroxylation is 1. The van der Waals surface area contributed by atoms with Gasteiger partial charge in [0.25, 0.3) is 0 Å². The van der Waals surface area contributed by atoms with Crippen LogP contribution in [0.5, 0.6) is 5.75 Å². The van der Waals surface area contributed by atoms with Crippen molar-refractivity contribution in [1.82, 2.24) is 0 Å². The van der Waals surface area contributed by atoms with Gasteiger partial charge in [0, 0.05) is 13.0 Å². The lowest BCUT2D eigenvalue weighted by Crippen LogP contribution is -3.04. The predicted molar refractivity (Wildman–Crippen MR) is 63.4 cm³/mol. The third kappa shape index (κ3) is 1.86. The van der Waals surface area contributed by atoms with Crippen molar-refractivity contribution in [3.63, 3.8) is 0 Å². The Balaban J connectivity index is 2.65. The van der Waals surface area contributed by atoms with Crippen LogP contribution < -0.4 is 9.88 Å². The molecular weight excluding hydrogens is 200 g/mol. The number of aromatic nitrogens is 1. The fourth-order valence-corrected chi connectivity index (χ4v) is 1.99. The highest BCUT2D eigenvalue weighted by Crippen LogP contribution is 2.26. The van der Waals surface area contributed by atoms with Gasteiger partial charge in [0.15, 0.2) is 5.69 Å². The van der Waals surface area contributed by atoms with Gasteiger partial charge >= 0.3 is 0 Å². The highest BCUT2D eigenvalue weighted by Gasteiger charge is 2.18. The van der Waals surface area contributed by atoms with Crippen LogP contribution in [0.15, 0.2) is 24.3 Å². The molecule has 0 saturated heterocycles. The number of H-pyrrole nitrogens is 1. The molecule has 1 aromatic heterocycles. The summed E-state index contributed by atoms with van der Waals surface area (Å²) in [6.45, 7) is 2.82.